The van der Waals surface area contributed by atoms with Gasteiger partial charge in [0.2, 0.25) is 0 Å². The fourth-order valence-electron chi connectivity index (χ4n) is 7.38. The lowest BCUT2D eigenvalue weighted by molar-refractivity contribution is 1.09. The SMILES string of the molecule is c1ccc(-n2ccc3c2ccc2c4c(ccc5c6ccccc6n(-c6cccc(-c7cccnc7)n6)c54)n(-c4ccccc4)c23)cc1. The molecular weight excluding hydrogens is 574 g/mol. The molecule has 5 heterocycles. The fourth-order valence-corrected chi connectivity index (χ4v) is 7.38. The van der Waals surface area contributed by atoms with Crippen molar-refractivity contribution >= 4 is 54.5 Å². The van der Waals surface area contributed by atoms with Crippen LogP contribution in [0.15, 0.2) is 164 Å². The number of para-hydroxylation sites is 3. The van der Waals surface area contributed by atoms with Crippen LogP contribution in [-0.4, -0.2) is 23.7 Å². The minimum absolute atomic E-state index is 0.877. The van der Waals surface area contributed by atoms with E-state index in [0.29, 0.717) is 0 Å². The third kappa shape index (κ3) is 3.77. The van der Waals surface area contributed by atoms with Gasteiger partial charge in [0.05, 0.1) is 33.3 Å². The molecule has 0 unspecified atom stereocenters. The van der Waals surface area contributed by atoms with E-state index in [9.17, 15) is 0 Å². The van der Waals surface area contributed by atoms with Gasteiger partial charge in [-0.15, -0.1) is 0 Å². The third-order valence-corrected chi connectivity index (χ3v) is 9.36. The van der Waals surface area contributed by atoms with Gasteiger partial charge in [-0.1, -0.05) is 66.7 Å². The summed E-state index contributed by atoms with van der Waals surface area (Å²) < 4.78 is 7.06. The third-order valence-electron chi connectivity index (χ3n) is 9.36. The maximum atomic E-state index is 5.24. The van der Waals surface area contributed by atoms with Crippen LogP contribution in [0.2, 0.25) is 0 Å². The maximum Gasteiger partial charge on any atom is 0.138 e. The predicted octanol–water partition coefficient (Wildman–Crippen LogP) is 10.3. The molecular formula is C42H27N5. The summed E-state index contributed by atoms with van der Waals surface area (Å²) in [5, 5.41) is 6.03. The van der Waals surface area contributed by atoms with Gasteiger partial charge in [0.25, 0.3) is 0 Å². The second-order valence-corrected chi connectivity index (χ2v) is 11.9. The van der Waals surface area contributed by atoms with Gasteiger partial charge in [-0.25, -0.2) is 4.98 Å². The summed E-state index contributed by atoms with van der Waals surface area (Å²) in [4.78, 5) is 9.59. The molecule has 10 rings (SSSR count). The monoisotopic (exact) mass is 601 g/mol. The molecule has 5 nitrogen and oxygen atoms in total. The molecule has 0 amide bonds. The molecule has 0 atom stereocenters. The Morgan fingerprint density at radius 1 is 0.447 bits per heavy atom. The molecule has 0 saturated heterocycles. The summed E-state index contributed by atoms with van der Waals surface area (Å²) in [5.41, 5.74) is 9.97. The van der Waals surface area contributed by atoms with Crippen molar-refractivity contribution in [2.24, 2.45) is 0 Å². The van der Waals surface area contributed by atoms with E-state index in [1.54, 1.807) is 6.20 Å². The number of benzene rings is 5. The Kier molecular flexibility index (Phi) is 5.51. The van der Waals surface area contributed by atoms with Crippen LogP contribution in [0.5, 0.6) is 0 Å². The first-order valence-electron chi connectivity index (χ1n) is 15.8. The van der Waals surface area contributed by atoms with Crippen molar-refractivity contribution in [2.75, 3.05) is 0 Å². The first kappa shape index (κ1) is 25.8. The van der Waals surface area contributed by atoms with Crippen molar-refractivity contribution in [3.05, 3.63) is 164 Å². The van der Waals surface area contributed by atoms with Gasteiger partial charge in [0, 0.05) is 62.5 Å². The molecule has 0 N–H and O–H groups in total. The lowest BCUT2D eigenvalue weighted by Gasteiger charge is -2.11. The average Bonchev–Trinajstić information content (AvgIpc) is 3.83. The van der Waals surface area contributed by atoms with Gasteiger partial charge >= 0.3 is 0 Å². The van der Waals surface area contributed by atoms with E-state index >= 15 is 0 Å². The van der Waals surface area contributed by atoms with Crippen LogP contribution in [0, 0.1) is 0 Å². The predicted molar refractivity (Wildman–Crippen MR) is 193 cm³/mol. The molecule has 220 valence electrons. The summed E-state index contributed by atoms with van der Waals surface area (Å²) in [6.45, 7) is 0. The highest BCUT2D eigenvalue weighted by Crippen LogP contribution is 2.44. The molecule has 0 aliphatic heterocycles. The van der Waals surface area contributed by atoms with Crippen molar-refractivity contribution in [2.45, 2.75) is 0 Å². The normalized spacial score (nSPS) is 11.8. The second-order valence-electron chi connectivity index (χ2n) is 11.9. The van der Waals surface area contributed by atoms with Gasteiger partial charge in [-0.05, 0) is 78.9 Å². The zero-order chi connectivity index (χ0) is 30.9. The van der Waals surface area contributed by atoms with Gasteiger partial charge in [0.15, 0.2) is 0 Å². The molecule has 0 radical (unpaired) electrons. The Morgan fingerprint density at radius 2 is 1.21 bits per heavy atom. The van der Waals surface area contributed by atoms with Crippen LogP contribution in [-0.2, 0) is 0 Å². The highest BCUT2D eigenvalue weighted by molar-refractivity contribution is 6.29. The Balaban J connectivity index is 1.37. The number of hydrogen-bond donors (Lipinski definition) is 0. The summed E-state index contributed by atoms with van der Waals surface area (Å²) in [5.74, 6) is 0.877. The number of hydrogen-bond acceptors (Lipinski definition) is 2. The van der Waals surface area contributed by atoms with Gasteiger partial charge in [-0.2, -0.15) is 0 Å². The minimum atomic E-state index is 0.877. The van der Waals surface area contributed by atoms with Gasteiger partial charge < -0.3 is 9.13 Å². The van der Waals surface area contributed by atoms with Crippen LogP contribution < -0.4 is 0 Å². The molecule has 0 fully saturated rings. The first-order valence-corrected chi connectivity index (χ1v) is 15.8. The summed E-state index contributed by atoms with van der Waals surface area (Å²) >= 11 is 0. The maximum absolute atomic E-state index is 5.24. The molecule has 0 aliphatic rings. The summed E-state index contributed by atoms with van der Waals surface area (Å²) in [6, 6.07) is 51.6. The van der Waals surface area contributed by atoms with Crippen molar-refractivity contribution in [3.8, 4) is 28.5 Å². The average molecular weight is 602 g/mol. The van der Waals surface area contributed by atoms with E-state index in [0.717, 1.165) is 45.0 Å². The smallest absolute Gasteiger partial charge is 0.138 e. The van der Waals surface area contributed by atoms with E-state index in [2.05, 4.69) is 164 Å². The Hall–Kier alpha value is -6.46. The molecule has 5 aromatic heterocycles. The van der Waals surface area contributed by atoms with Crippen LogP contribution in [0.25, 0.3) is 83.0 Å². The molecule has 5 aromatic carbocycles. The zero-order valence-corrected chi connectivity index (χ0v) is 25.3. The van der Waals surface area contributed by atoms with Crippen LogP contribution >= 0.6 is 0 Å². The number of nitrogens with zero attached hydrogens (tertiary/aromatic N) is 5. The molecule has 47 heavy (non-hydrogen) atoms. The summed E-state index contributed by atoms with van der Waals surface area (Å²) in [7, 11) is 0. The Morgan fingerprint density at radius 3 is 2.04 bits per heavy atom. The van der Waals surface area contributed by atoms with Gasteiger partial charge in [0.1, 0.15) is 5.82 Å². The second kappa shape index (κ2) is 10.0. The molecule has 0 aliphatic carbocycles. The molecule has 10 aromatic rings. The largest absolute Gasteiger partial charge is 0.316 e. The van der Waals surface area contributed by atoms with Crippen LogP contribution in [0.1, 0.15) is 0 Å². The topological polar surface area (TPSA) is 40.6 Å². The zero-order valence-electron chi connectivity index (χ0n) is 25.3. The number of rotatable bonds is 4. The highest BCUT2D eigenvalue weighted by atomic mass is 15.1. The van der Waals surface area contributed by atoms with E-state index in [1.807, 2.05) is 12.3 Å². The lowest BCUT2D eigenvalue weighted by Crippen LogP contribution is -1.99. The van der Waals surface area contributed by atoms with E-state index in [-0.39, 0.29) is 0 Å². The van der Waals surface area contributed by atoms with Crippen molar-refractivity contribution in [3.63, 3.8) is 0 Å². The van der Waals surface area contributed by atoms with E-state index in [4.69, 9.17) is 4.98 Å². The van der Waals surface area contributed by atoms with Gasteiger partial charge in [-0.3, -0.25) is 9.55 Å². The standard InChI is InChI=1S/C42H27N5/c1-3-12-29(13-4-1)45-26-24-33-36(45)22-21-34-40-38(46(41(33)34)30-14-5-2-6-15-30)23-20-32-31-16-7-8-18-37(31)47(42(32)40)39-19-9-17-35(44-39)28-11-10-25-43-27-28/h1-27H. The van der Waals surface area contributed by atoms with E-state index in [1.165, 1.54) is 38.0 Å². The first-order chi connectivity index (χ1) is 23.3. The number of aromatic nitrogens is 5. The van der Waals surface area contributed by atoms with E-state index < -0.39 is 0 Å². The van der Waals surface area contributed by atoms with Crippen molar-refractivity contribution in [1.29, 1.82) is 0 Å². The molecule has 0 bridgehead atoms. The Bertz CT molecular complexity index is 2770. The highest BCUT2D eigenvalue weighted by Gasteiger charge is 2.23. The van der Waals surface area contributed by atoms with Crippen LogP contribution in [0.3, 0.4) is 0 Å². The number of fused-ring (bicyclic) bond motifs is 9. The van der Waals surface area contributed by atoms with Crippen LogP contribution in [0.4, 0.5) is 0 Å². The molecule has 0 saturated carbocycles. The lowest BCUT2D eigenvalue weighted by atomic mass is 10.1. The fraction of sp³-hybridized carbons (Fsp3) is 0. The Labute approximate surface area is 270 Å². The quantitative estimate of drug-likeness (QED) is 0.201. The number of pyridine rings is 2. The van der Waals surface area contributed by atoms with Crippen molar-refractivity contribution in [1.82, 2.24) is 23.7 Å². The molecule has 5 heteroatoms. The summed E-state index contributed by atoms with van der Waals surface area (Å²) in [6.07, 6.45) is 5.86. The van der Waals surface area contributed by atoms with Crippen molar-refractivity contribution < 1.29 is 0 Å². The molecule has 0 spiro atoms. The minimum Gasteiger partial charge on any atom is -0.316 e.